The lowest BCUT2D eigenvalue weighted by Crippen LogP contribution is -2.51. The van der Waals surface area contributed by atoms with Crippen molar-refractivity contribution < 1.29 is 13.5 Å². The van der Waals surface area contributed by atoms with Gasteiger partial charge in [0.25, 0.3) is 0 Å². The van der Waals surface area contributed by atoms with Crippen molar-refractivity contribution >= 4 is 9.84 Å². The molecule has 1 aromatic carbocycles. The van der Waals surface area contributed by atoms with Gasteiger partial charge in [0.1, 0.15) is 0 Å². The summed E-state index contributed by atoms with van der Waals surface area (Å²) in [4.78, 5) is 0. The topological polar surface area (TPSA) is 80.4 Å². The maximum Gasteiger partial charge on any atom is 0.150 e. The second kappa shape index (κ2) is 5.23. The van der Waals surface area contributed by atoms with E-state index in [1.807, 2.05) is 30.3 Å². The Morgan fingerprint density at radius 1 is 1.42 bits per heavy atom. The van der Waals surface area contributed by atoms with Crippen LogP contribution in [0.3, 0.4) is 0 Å². The van der Waals surface area contributed by atoms with Crippen molar-refractivity contribution in [2.24, 2.45) is 11.7 Å². The van der Waals surface area contributed by atoms with Gasteiger partial charge in [-0.1, -0.05) is 30.3 Å². The molecular formula is C14H21NO3S. The van der Waals surface area contributed by atoms with Gasteiger partial charge < -0.3 is 10.8 Å². The van der Waals surface area contributed by atoms with Gasteiger partial charge in [-0.2, -0.15) is 0 Å². The number of aliphatic hydroxyl groups excluding tert-OH is 1. The highest BCUT2D eigenvalue weighted by Gasteiger charge is 2.47. The summed E-state index contributed by atoms with van der Waals surface area (Å²) in [5.41, 5.74) is 6.20. The molecule has 0 saturated carbocycles. The Labute approximate surface area is 114 Å². The third kappa shape index (κ3) is 2.55. The molecule has 3 unspecified atom stereocenters. The van der Waals surface area contributed by atoms with Crippen LogP contribution < -0.4 is 5.73 Å². The third-order valence-corrected chi connectivity index (χ3v) is 6.12. The Morgan fingerprint density at radius 2 is 2.05 bits per heavy atom. The Hall–Kier alpha value is -0.910. The number of hydrogen-bond acceptors (Lipinski definition) is 4. The van der Waals surface area contributed by atoms with Crippen molar-refractivity contribution in [1.29, 1.82) is 0 Å². The fraction of sp³-hybridized carbons (Fsp3) is 0.571. The predicted octanol–water partition coefficient (Wildman–Crippen LogP) is 0.699. The lowest BCUT2D eigenvalue weighted by molar-refractivity contribution is 0.0661. The quantitative estimate of drug-likeness (QED) is 0.852. The van der Waals surface area contributed by atoms with Crippen molar-refractivity contribution in [3.05, 3.63) is 35.9 Å². The zero-order chi connectivity index (χ0) is 14.1. The molecule has 1 fully saturated rings. The third-order valence-electron chi connectivity index (χ3n) is 4.36. The van der Waals surface area contributed by atoms with E-state index in [1.54, 1.807) is 6.92 Å². The lowest BCUT2D eigenvalue weighted by atomic mass is 9.66. The van der Waals surface area contributed by atoms with Crippen molar-refractivity contribution in [3.63, 3.8) is 0 Å². The maximum absolute atomic E-state index is 11.7. The van der Waals surface area contributed by atoms with Crippen LogP contribution in [0.1, 0.15) is 18.9 Å². The van der Waals surface area contributed by atoms with Crippen LogP contribution in [0.5, 0.6) is 0 Å². The first kappa shape index (κ1) is 14.5. The summed E-state index contributed by atoms with van der Waals surface area (Å²) in [7, 11) is -3.00. The molecule has 1 saturated heterocycles. The number of nitrogens with two attached hydrogens (primary N) is 1. The summed E-state index contributed by atoms with van der Waals surface area (Å²) in [5.74, 6) is 0.188. The van der Waals surface area contributed by atoms with Crippen molar-refractivity contribution in [1.82, 2.24) is 0 Å². The molecule has 0 aromatic heterocycles. The average molecular weight is 283 g/mol. The Morgan fingerprint density at radius 3 is 2.47 bits per heavy atom. The van der Waals surface area contributed by atoms with E-state index in [2.05, 4.69) is 0 Å². The molecule has 19 heavy (non-hydrogen) atoms. The van der Waals surface area contributed by atoms with Gasteiger partial charge >= 0.3 is 0 Å². The molecule has 3 N–H and O–H groups in total. The van der Waals surface area contributed by atoms with E-state index in [0.717, 1.165) is 5.56 Å². The highest BCUT2D eigenvalue weighted by Crippen LogP contribution is 2.41. The van der Waals surface area contributed by atoms with Gasteiger partial charge in [0.15, 0.2) is 9.84 Å². The summed E-state index contributed by atoms with van der Waals surface area (Å²) in [6.07, 6.45) is -0.113. The SMILES string of the molecule is CC(O)C(CN)(c1ccccc1)C1CCS(=O)(=O)C1. The lowest BCUT2D eigenvalue weighted by Gasteiger charge is -2.41. The molecule has 5 heteroatoms. The second-order valence-corrected chi connectivity index (χ2v) is 7.62. The van der Waals surface area contributed by atoms with E-state index in [9.17, 15) is 13.5 Å². The van der Waals surface area contributed by atoms with Crippen LogP contribution in [0.4, 0.5) is 0 Å². The smallest absolute Gasteiger partial charge is 0.150 e. The van der Waals surface area contributed by atoms with Crippen LogP contribution in [0.25, 0.3) is 0 Å². The Balaban J connectivity index is 2.47. The number of rotatable bonds is 4. The summed E-state index contributed by atoms with van der Waals surface area (Å²) in [6.45, 7) is 1.94. The molecule has 3 atom stereocenters. The van der Waals surface area contributed by atoms with Gasteiger partial charge in [-0.15, -0.1) is 0 Å². The summed E-state index contributed by atoms with van der Waals surface area (Å²) < 4.78 is 23.5. The average Bonchev–Trinajstić information content (AvgIpc) is 2.73. The first-order chi connectivity index (χ1) is 8.92. The Bertz CT molecular complexity index is 527. The minimum atomic E-state index is -3.00. The summed E-state index contributed by atoms with van der Waals surface area (Å²) in [6, 6.07) is 9.53. The van der Waals surface area contributed by atoms with Crippen LogP contribution in [-0.2, 0) is 15.3 Å². The van der Waals surface area contributed by atoms with Crippen LogP contribution in [0.15, 0.2) is 30.3 Å². The molecule has 1 aliphatic heterocycles. The van der Waals surface area contributed by atoms with E-state index in [-0.39, 0.29) is 24.0 Å². The zero-order valence-electron chi connectivity index (χ0n) is 11.1. The summed E-state index contributed by atoms with van der Waals surface area (Å²) in [5, 5.41) is 10.3. The summed E-state index contributed by atoms with van der Waals surface area (Å²) >= 11 is 0. The number of hydrogen-bond donors (Lipinski definition) is 2. The number of benzene rings is 1. The van der Waals surface area contributed by atoms with E-state index in [1.165, 1.54) is 0 Å². The number of aliphatic hydroxyl groups is 1. The highest BCUT2D eigenvalue weighted by molar-refractivity contribution is 7.91. The fourth-order valence-corrected chi connectivity index (χ4v) is 5.11. The molecule has 0 amide bonds. The van der Waals surface area contributed by atoms with Crippen molar-refractivity contribution in [3.8, 4) is 0 Å². The van der Waals surface area contributed by atoms with Gasteiger partial charge in [0, 0.05) is 12.0 Å². The molecule has 0 aliphatic carbocycles. The van der Waals surface area contributed by atoms with Gasteiger partial charge in [0.05, 0.1) is 17.6 Å². The van der Waals surface area contributed by atoms with Gasteiger partial charge in [-0.05, 0) is 24.8 Å². The molecule has 1 heterocycles. The van der Waals surface area contributed by atoms with Crippen LogP contribution in [0, 0.1) is 5.92 Å². The van der Waals surface area contributed by atoms with E-state index >= 15 is 0 Å². The van der Waals surface area contributed by atoms with E-state index < -0.39 is 21.4 Å². The Kier molecular flexibility index (Phi) is 3.99. The highest BCUT2D eigenvalue weighted by atomic mass is 32.2. The van der Waals surface area contributed by atoms with E-state index in [4.69, 9.17) is 5.73 Å². The zero-order valence-corrected chi connectivity index (χ0v) is 11.9. The minimum Gasteiger partial charge on any atom is -0.392 e. The second-order valence-electron chi connectivity index (χ2n) is 5.39. The number of sulfone groups is 1. The molecule has 1 aliphatic rings. The van der Waals surface area contributed by atoms with Gasteiger partial charge in [-0.3, -0.25) is 0 Å². The molecule has 0 bridgehead atoms. The minimum absolute atomic E-state index is 0.115. The van der Waals surface area contributed by atoms with Crippen LogP contribution in [0.2, 0.25) is 0 Å². The first-order valence-electron chi connectivity index (χ1n) is 6.56. The molecule has 4 nitrogen and oxygen atoms in total. The maximum atomic E-state index is 11.7. The molecule has 0 radical (unpaired) electrons. The van der Waals surface area contributed by atoms with Crippen LogP contribution in [-0.4, -0.2) is 37.7 Å². The monoisotopic (exact) mass is 283 g/mol. The predicted molar refractivity (Wildman–Crippen MR) is 75.6 cm³/mol. The fourth-order valence-electron chi connectivity index (χ4n) is 3.22. The normalized spacial score (nSPS) is 26.8. The standard InChI is InChI=1S/C14H21NO3S/c1-11(16)14(10-15,12-5-3-2-4-6-12)13-7-8-19(17,18)9-13/h2-6,11,13,16H,7-10,15H2,1H3. The molecule has 1 aromatic rings. The van der Waals surface area contributed by atoms with E-state index in [0.29, 0.717) is 6.42 Å². The molecule has 0 spiro atoms. The molecule has 106 valence electrons. The van der Waals surface area contributed by atoms with Gasteiger partial charge in [0.2, 0.25) is 0 Å². The molecule has 2 rings (SSSR count). The first-order valence-corrected chi connectivity index (χ1v) is 8.38. The van der Waals surface area contributed by atoms with Crippen LogP contribution >= 0.6 is 0 Å². The molecular weight excluding hydrogens is 262 g/mol. The largest absolute Gasteiger partial charge is 0.392 e. The van der Waals surface area contributed by atoms with Crippen molar-refractivity contribution in [2.75, 3.05) is 18.1 Å². The van der Waals surface area contributed by atoms with Crippen molar-refractivity contribution in [2.45, 2.75) is 24.9 Å². The van der Waals surface area contributed by atoms with Gasteiger partial charge in [-0.25, -0.2) is 8.42 Å².